The minimum absolute atomic E-state index is 0.585. The highest BCUT2D eigenvalue weighted by molar-refractivity contribution is 7.13. The number of fused-ring (bicyclic) bond motifs is 1. The van der Waals surface area contributed by atoms with Crippen molar-refractivity contribution in [2.75, 3.05) is 0 Å². The molecule has 2 aromatic rings. The van der Waals surface area contributed by atoms with Crippen LogP contribution in [0.2, 0.25) is 0 Å². The number of hydrogen-bond acceptors (Lipinski definition) is 4. The maximum atomic E-state index is 9.30. The first-order valence-corrected chi connectivity index (χ1v) is 7.22. The van der Waals surface area contributed by atoms with Gasteiger partial charge in [-0.2, -0.15) is 5.26 Å². The second-order valence-corrected chi connectivity index (χ2v) is 6.01. The van der Waals surface area contributed by atoms with Crippen LogP contribution in [0.3, 0.4) is 0 Å². The van der Waals surface area contributed by atoms with Crippen LogP contribution in [0.5, 0.6) is 0 Å². The smallest absolute Gasteiger partial charge is 0.134 e. The molecule has 3 nitrogen and oxygen atoms in total. The minimum Gasteiger partial charge on any atom is -0.465 e. The number of furan rings is 1. The Morgan fingerprint density at radius 2 is 2.53 bits per heavy atom. The zero-order chi connectivity index (χ0) is 13.2. The van der Waals surface area contributed by atoms with E-state index in [9.17, 15) is 5.26 Å². The number of allylic oxidation sites excluding steroid dienone is 1. The largest absolute Gasteiger partial charge is 0.465 e. The van der Waals surface area contributed by atoms with Gasteiger partial charge in [0, 0.05) is 11.0 Å². The van der Waals surface area contributed by atoms with Gasteiger partial charge < -0.3 is 4.42 Å². The number of aromatic nitrogens is 1. The van der Waals surface area contributed by atoms with E-state index >= 15 is 0 Å². The summed E-state index contributed by atoms with van der Waals surface area (Å²) >= 11 is 1.65. The molecule has 0 bridgehead atoms. The number of hydrogen-bond donors (Lipinski definition) is 0. The maximum Gasteiger partial charge on any atom is 0.134 e. The van der Waals surface area contributed by atoms with E-state index in [0.29, 0.717) is 11.3 Å². The Morgan fingerprint density at radius 3 is 3.26 bits per heavy atom. The summed E-state index contributed by atoms with van der Waals surface area (Å²) in [5.41, 5.74) is 1.76. The number of rotatable bonds is 2. The van der Waals surface area contributed by atoms with Gasteiger partial charge in [-0.3, -0.25) is 0 Å². The number of nitriles is 1. The molecule has 0 saturated carbocycles. The summed E-state index contributed by atoms with van der Waals surface area (Å²) in [5, 5.41) is 10.1. The van der Waals surface area contributed by atoms with Crippen molar-refractivity contribution in [3.63, 3.8) is 0 Å². The molecule has 3 rings (SSSR count). The fourth-order valence-electron chi connectivity index (χ4n) is 2.31. The summed E-state index contributed by atoms with van der Waals surface area (Å²) in [6, 6.07) is 5.88. The first kappa shape index (κ1) is 12.2. The van der Waals surface area contributed by atoms with Gasteiger partial charge in [-0.15, -0.1) is 11.3 Å². The van der Waals surface area contributed by atoms with Gasteiger partial charge in [-0.05, 0) is 37.3 Å². The molecule has 1 atom stereocenters. The second kappa shape index (κ2) is 5.02. The van der Waals surface area contributed by atoms with Crippen molar-refractivity contribution in [3.05, 3.63) is 39.7 Å². The van der Waals surface area contributed by atoms with Crippen LogP contribution < -0.4 is 0 Å². The quantitative estimate of drug-likeness (QED) is 0.777. The van der Waals surface area contributed by atoms with Gasteiger partial charge in [-0.1, -0.05) is 6.92 Å². The molecule has 0 radical (unpaired) electrons. The molecule has 0 N–H and O–H groups in total. The van der Waals surface area contributed by atoms with Crippen LogP contribution in [-0.2, 0) is 12.8 Å². The lowest BCUT2D eigenvalue weighted by atomic mass is 9.93. The maximum absolute atomic E-state index is 9.30. The van der Waals surface area contributed by atoms with Gasteiger partial charge >= 0.3 is 0 Å². The third-order valence-electron chi connectivity index (χ3n) is 3.37. The summed E-state index contributed by atoms with van der Waals surface area (Å²) in [4.78, 5) is 5.96. The molecule has 96 valence electrons. The van der Waals surface area contributed by atoms with E-state index in [2.05, 4.69) is 18.0 Å². The van der Waals surface area contributed by atoms with Crippen molar-refractivity contribution in [1.29, 1.82) is 5.26 Å². The van der Waals surface area contributed by atoms with E-state index in [1.165, 1.54) is 17.0 Å². The molecular formula is C15H14N2OS. The van der Waals surface area contributed by atoms with Crippen LogP contribution in [0.25, 0.3) is 11.6 Å². The first-order valence-electron chi connectivity index (χ1n) is 6.40. The number of thiazole rings is 1. The van der Waals surface area contributed by atoms with Gasteiger partial charge in [0.2, 0.25) is 0 Å². The second-order valence-electron chi connectivity index (χ2n) is 4.92. The van der Waals surface area contributed by atoms with Gasteiger partial charge in [0.25, 0.3) is 0 Å². The molecule has 0 aliphatic heterocycles. The van der Waals surface area contributed by atoms with Crippen molar-refractivity contribution < 1.29 is 4.42 Å². The summed E-state index contributed by atoms with van der Waals surface area (Å²) in [5.74, 6) is 1.42. The lowest BCUT2D eigenvalue weighted by molar-refractivity contribution is 0.502. The van der Waals surface area contributed by atoms with Crippen molar-refractivity contribution in [2.24, 2.45) is 5.92 Å². The zero-order valence-corrected chi connectivity index (χ0v) is 11.5. The van der Waals surface area contributed by atoms with E-state index < -0.39 is 0 Å². The van der Waals surface area contributed by atoms with Crippen LogP contribution >= 0.6 is 11.3 Å². The summed E-state index contributed by atoms with van der Waals surface area (Å²) in [7, 11) is 0. The lowest BCUT2D eigenvalue weighted by Crippen LogP contribution is -2.09. The molecule has 0 fully saturated rings. The highest BCUT2D eigenvalue weighted by atomic mass is 32.1. The molecule has 19 heavy (non-hydrogen) atoms. The predicted molar refractivity (Wildman–Crippen MR) is 75.5 cm³/mol. The number of nitrogens with zero attached hydrogens (tertiary/aromatic N) is 2. The Morgan fingerprint density at radius 1 is 1.63 bits per heavy atom. The topological polar surface area (TPSA) is 49.8 Å². The molecule has 0 aromatic carbocycles. The molecule has 1 aliphatic carbocycles. The van der Waals surface area contributed by atoms with E-state index in [4.69, 9.17) is 4.42 Å². The number of aryl methyl sites for hydroxylation is 1. The highest BCUT2D eigenvalue weighted by Crippen LogP contribution is 2.32. The lowest BCUT2D eigenvalue weighted by Gasteiger charge is -2.15. The Balaban J connectivity index is 1.95. The van der Waals surface area contributed by atoms with E-state index in [-0.39, 0.29) is 0 Å². The Kier molecular flexibility index (Phi) is 3.22. The van der Waals surface area contributed by atoms with Crippen LogP contribution in [-0.4, -0.2) is 4.98 Å². The van der Waals surface area contributed by atoms with E-state index in [0.717, 1.165) is 23.8 Å². The Bertz CT molecular complexity index is 646. The van der Waals surface area contributed by atoms with Crippen molar-refractivity contribution in [2.45, 2.75) is 26.2 Å². The van der Waals surface area contributed by atoms with Gasteiger partial charge in [0.1, 0.15) is 16.8 Å². The average molecular weight is 270 g/mol. The molecule has 1 aliphatic rings. The van der Waals surface area contributed by atoms with Crippen LogP contribution in [0.4, 0.5) is 0 Å². The molecule has 0 spiro atoms. The monoisotopic (exact) mass is 270 g/mol. The van der Waals surface area contributed by atoms with Gasteiger partial charge in [0.15, 0.2) is 0 Å². The molecule has 4 heteroatoms. The van der Waals surface area contributed by atoms with Crippen LogP contribution in [0.15, 0.2) is 22.8 Å². The molecule has 0 amide bonds. The fraction of sp³-hybridized carbons (Fsp3) is 0.333. The zero-order valence-electron chi connectivity index (χ0n) is 10.7. The van der Waals surface area contributed by atoms with E-state index in [1.54, 1.807) is 23.7 Å². The predicted octanol–water partition coefficient (Wildman–Crippen LogP) is 3.93. The Hall–Kier alpha value is -1.86. The minimum atomic E-state index is 0.585. The van der Waals surface area contributed by atoms with Crippen LogP contribution in [0, 0.1) is 17.2 Å². The fourth-order valence-corrected chi connectivity index (χ4v) is 3.55. The third kappa shape index (κ3) is 2.47. The molecule has 0 saturated heterocycles. The molecule has 2 aromatic heterocycles. The summed E-state index contributed by atoms with van der Waals surface area (Å²) in [6.45, 7) is 2.27. The molecular weight excluding hydrogens is 256 g/mol. The van der Waals surface area contributed by atoms with Crippen molar-refractivity contribution in [1.82, 2.24) is 4.98 Å². The Labute approximate surface area is 116 Å². The molecule has 1 unspecified atom stereocenters. The van der Waals surface area contributed by atoms with Gasteiger partial charge in [0.05, 0.1) is 17.5 Å². The summed E-state index contributed by atoms with van der Waals surface area (Å²) in [6.07, 6.45) is 6.68. The first-order chi connectivity index (χ1) is 9.26. The molecule has 2 heterocycles. The summed E-state index contributed by atoms with van der Waals surface area (Å²) < 4.78 is 5.26. The third-order valence-corrected chi connectivity index (χ3v) is 4.52. The average Bonchev–Trinajstić information content (AvgIpc) is 3.03. The van der Waals surface area contributed by atoms with Crippen LogP contribution in [0.1, 0.15) is 34.7 Å². The van der Waals surface area contributed by atoms with Gasteiger partial charge in [-0.25, -0.2) is 4.98 Å². The standard InChI is InChI=1S/C15H14N2OS/c1-10-4-5-13-14(7-10)19-15(17-13)11(9-16)8-12-3-2-6-18-12/h2-3,6,8,10H,4-5,7H2,1H3/b11-8+. The van der Waals surface area contributed by atoms with E-state index in [1.807, 2.05) is 12.1 Å². The SMILES string of the molecule is CC1CCc2nc(/C(C#N)=C/c3ccco3)sc2C1. The normalized spacial score (nSPS) is 18.9. The van der Waals surface area contributed by atoms with Crippen molar-refractivity contribution in [3.8, 4) is 6.07 Å². The highest BCUT2D eigenvalue weighted by Gasteiger charge is 2.21. The van der Waals surface area contributed by atoms with Crippen molar-refractivity contribution >= 4 is 23.0 Å².